The lowest BCUT2D eigenvalue weighted by molar-refractivity contribution is -0.161. The Morgan fingerprint density at radius 1 is 0.337 bits per heavy atom. The Morgan fingerprint density at radius 2 is 0.584 bits per heavy atom. The summed E-state index contributed by atoms with van der Waals surface area (Å²) in [5.74, 6) is -0.830. The Hall–Kier alpha value is -4.37. The fourth-order valence-corrected chi connectivity index (χ4v) is 10.4. The first-order valence-electron chi connectivity index (χ1n) is 36.0. The minimum Gasteiger partial charge on any atom is -0.462 e. The Bertz CT molecular complexity index is 2020. The van der Waals surface area contributed by atoms with E-state index in [9.17, 15) is 19.0 Å². The first-order valence-corrected chi connectivity index (χ1v) is 37.5. The molecule has 10 heteroatoms. The van der Waals surface area contributed by atoms with E-state index in [0.717, 1.165) is 122 Å². The number of rotatable bonds is 66. The van der Waals surface area contributed by atoms with E-state index in [2.05, 4.69) is 172 Å². The number of hydrogen-bond acceptors (Lipinski definition) is 8. The Balaban J connectivity index is 3.90. The summed E-state index contributed by atoms with van der Waals surface area (Å²) in [5.41, 5.74) is 5.40. The molecule has 0 bridgehead atoms. The molecule has 9 nitrogen and oxygen atoms in total. The third kappa shape index (κ3) is 72.6. The van der Waals surface area contributed by atoms with Crippen LogP contribution >= 0.6 is 7.82 Å². The molecule has 0 spiro atoms. The number of unbranched alkanes of at least 4 members (excludes halogenated alkanes) is 27. The quantitative estimate of drug-likeness (QED) is 0.0264. The van der Waals surface area contributed by atoms with E-state index in [0.29, 0.717) is 6.42 Å². The molecule has 0 rings (SSSR count). The van der Waals surface area contributed by atoms with E-state index >= 15 is 0 Å². The van der Waals surface area contributed by atoms with E-state index < -0.39 is 26.5 Å². The number of carbonyl (C=O) groups is 2. The highest BCUT2D eigenvalue weighted by molar-refractivity contribution is 7.47. The molecule has 89 heavy (non-hydrogen) atoms. The predicted molar refractivity (Wildman–Crippen MR) is 385 cm³/mol. The molecule has 2 unspecified atom stereocenters. The van der Waals surface area contributed by atoms with Gasteiger partial charge in [-0.15, -0.1) is 0 Å². The summed E-state index contributed by atoms with van der Waals surface area (Å²) in [6.07, 6.45) is 106. The van der Waals surface area contributed by atoms with Crippen molar-refractivity contribution < 1.29 is 37.6 Å². The van der Waals surface area contributed by atoms with Crippen LogP contribution in [-0.2, 0) is 32.7 Å². The number of carbonyl (C=O) groups excluding carboxylic acids is 2. The van der Waals surface area contributed by atoms with Gasteiger partial charge in [0.15, 0.2) is 6.10 Å². The second-order valence-electron chi connectivity index (χ2n) is 23.3. The molecule has 0 heterocycles. The van der Waals surface area contributed by atoms with Crippen molar-refractivity contribution in [1.29, 1.82) is 0 Å². The van der Waals surface area contributed by atoms with Crippen molar-refractivity contribution in [2.75, 3.05) is 26.4 Å². The summed E-state index contributed by atoms with van der Waals surface area (Å²) in [5, 5.41) is 0. The maximum Gasteiger partial charge on any atom is 0.472 e. The minimum atomic E-state index is -4.40. The van der Waals surface area contributed by atoms with Crippen LogP contribution in [0.4, 0.5) is 0 Å². The Morgan fingerprint density at radius 3 is 0.865 bits per heavy atom. The highest BCUT2D eigenvalue weighted by Gasteiger charge is 2.26. The SMILES string of the molecule is CC/C=C\C/C=C\C/C=C\C/C=C\C/C=C\C/C=C\C/C=C\C/C=C\C/C=C\CCCCCCCCCCCCCCCC(=O)OC(COC(=O)CCCCCCCCCCCCCCCC/C=C\C/C=C\C/C=C\C/C=C\CC)COP(=O)(O)OCCN. The first kappa shape index (κ1) is 84.6. The van der Waals surface area contributed by atoms with Gasteiger partial charge in [0.05, 0.1) is 13.2 Å². The molecular formula is C79H132NO8P. The van der Waals surface area contributed by atoms with Gasteiger partial charge in [0.1, 0.15) is 6.61 Å². The normalized spacial score (nSPS) is 13.9. The molecule has 0 aromatic carbocycles. The largest absolute Gasteiger partial charge is 0.472 e. The van der Waals surface area contributed by atoms with Gasteiger partial charge in [-0.1, -0.05) is 320 Å². The summed E-state index contributed by atoms with van der Waals surface area (Å²) < 4.78 is 33.2. The van der Waals surface area contributed by atoms with Gasteiger partial charge in [-0.2, -0.15) is 0 Å². The number of esters is 2. The van der Waals surface area contributed by atoms with E-state index in [1.807, 2.05) is 0 Å². The molecule has 0 aliphatic carbocycles. The van der Waals surface area contributed by atoms with Gasteiger partial charge in [-0.3, -0.25) is 18.6 Å². The molecule has 0 aliphatic rings. The number of nitrogens with two attached hydrogens (primary N) is 1. The maximum atomic E-state index is 12.8. The first-order chi connectivity index (χ1) is 43.8. The van der Waals surface area contributed by atoms with E-state index in [1.165, 1.54) is 141 Å². The second kappa shape index (κ2) is 72.7. The third-order valence-corrected chi connectivity index (χ3v) is 15.9. The van der Waals surface area contributed by atoms with Gasteiger partial charge in [0.2, 0.25) is 0 Å². The van der Waals surface area contributed by atoms with Crippen LogP contribution in [0.5, 0.6) is 0 Å². The lowest BCUT2D eigenvalue weighted by Crippen LogP contribution is -2.29. The summed E-state index contributed by atoms with van der Waals surface area (Å²) in [4.78, 5) is 35.4. The van der Waals surface area contributed by atoms with E-state index in [4.69, 9.17) is 24.3 Å². The van der Waals surface area contributed by atoms with Gasteiger partial charge in [0.25, 0.3) is 0 Å². The summed E-state index contributed by atoms with van der Waals surface area (Å²) in [6, 6.07) is 0. The lowest BCUT2D eigenvalue weighted by atomic mass is 10.0. The monoisotopic (exact) mass is 1250 g/mol. The smallest absolute Gasteiger partial charge is 0.462 e. The molecule has 0 aromatic heterocycles. The number of phosphoric acid groups is 1. The van der Waals surface area contributed by atoms with Crippen LogP contribution < -0.4 is 5.73 Å². The van der Waals surface area contributed by atoms with Crippen LogP contribution in [0.15, 0.2) is 158 Å². The lowest BCUT2D eigenvalue weighted by Gasteiger charge is -2.19. The highest BCUT2D eigenvalue weighted by atomic mass is 31.2. The molecule has 0 radical (unpaired) electrons. The zero-order chi connectivity index (χ0) is 64.4. The summed E-state index contributed by atoms with van der Waals surface area (Å²) in [6.45, 7) is 3.53. The third-order valence-electron chi connectivity index (χ3n) is 14.9. The van der Waals surface area contributed by atoms with Crippen molar-refractivity contribution in [2.24, 2.45) is 5.73 Å². The number of allylic oxidation sites excluding steroid dienone is 26. The van der Waals surface area contributed by atoms with Crippen LogP contribution in [-0.4, -0.2) is 49.3 Å². The van der Waals surface area contributed by atoms with Crippen LogP contribution in [0.25, 0.3) is 0 Å². The fraction of sp³-hybridized carbons (Fsp3) is 0.646. The van der Waals surface area contributed by atoms with Gasteiger partial charge in [0, 0.05) is 19.4 Å². The molecule has 0 fully saturated rings. The van der Waals surface area contributed by atoms with Crippen molar-refractivity contribution in [3.8, 4) is 0 Å². The van der Waals surface area contributed by atoms with Crippen molar-refractivity contribution in [1.82, 2.24) is 0 Å². The molecular weight excluding hydrogens is 1120 g/mol. The molecule has 506 valence electrons. The number of phosphoric ester groups is 1. The van der Waals surface area contributed by atoms with Gasteiger partial charge >= 0.3 is 19.8 Å². The van der Waals surface area contributed by atoms with Crippen molar-refractivity contribution in [3.63, 3.8) is 0 Å². The van der Waals surface area contributed by atoms with Crippen LogP contribution in [0.1, 0.15) is 296 Å². The van der Waals surface area contributed by atoms with Gasteiger partial charge < -0.3 is 20.1 Å². The molecule has 0 saturated carbocycles. The van der Waals surface area contributed by atoms with Crippen LogP contribution in [0.2, 0.25) is 0 Å². The van der Waals surface area contributed by atoms with Gasteiger partial charge in [-0.25, -0.2) is 4.57 Å². The number of ether oxygens (including phenoxy) is 2. The molecule has 2 atom stereocenters. The summed E-state index contributed by atoms with van der Waals surface area (Å²) in [7, 11) is -4.40. The topological polar surface area (TPSA) is 134 Å². The molecule has 0 aliphatic heterocycles. The summed E-state index contributed by atoms with van der Waals surface area (Å²) >= 11 is 0. The van der Waals surface area contributed by atoms with Crippen molar-refractivity contribution in [2.45, 2.75) is 302 Å². The average molecular weight is 1250 g/mol. The van der Waals surface area contributed by atoms with Crippen molar-refractivity contribution >= 4 is 19.8 Å². The maximum absolute atomic E-state index is 12.8. The minimum absolute atomic E-state index is 0.0476. The van der Waals surface area contributed by atoms with E-state index in [1.54, 1.807) is 0 Å². The zero-order valence-electron chi connectivity index (χ0n) is 56.9. The Labute approximate surface area is 547 Å². The molecule has 0 aromatic rings. The zero-order valence-corrected chi connectivity index (χ0v) is 57.8. The predicted octanol–water partition coefficient (Wildman–Crippen LogP) is 24.0. The van der Waals surface area contributed by atoms with E-state index in [-0.39, 0.29) is 38.6 Å². The molecule has 0 saturated heterocycles. The van der Waals surface area contributed by atoms with Crippen molar-refractivity contribution in [3.05, 3.63) is 158 Å². The molecule has 0 amide bonds. The second-order valence-corrected chi connectivity index (χ2v) is 24.8. The Kier molecular flexibility index (Phi) is 69.1. The molecule has 3 N–H and O–H groups in total. The fourth-order valence-electron chi connectivity index (χ4n) is 9.68. The highest BCUT2D eigenvalue weighted by Crippen LogP contribution is 2.43. The van der Waals surface area contributed by atoms with Gasteiger partial charge in [-0.05, 0) is 122 Å². The van der Waals surface area contributed by atoms with Crippen LogP contribution in [0, 0.1) is 0 Å². The average Bonchev–Trinajstić information content (AvgIpc) is 3.58. The number of hydrogen-bond donors (Lipinski definition) is 2. The standard InChI is InChI=1S/C79H132NO8P/c1-3-5-7-9-11-13-15-17-19-21-23-25-27-29-31-32-33-34-35-36-37-38-39-40-41-42-43-44-46-48-50-52-54-56-58-60-62-64-66-68-70-72-79(82)88-77(76-87-89(83,84)86-74-73-80)75-85-78(81)71-69-67-65-63-61-59-57-55-53-51-49-47-45-30-28-26-24-22-20-18-16-14-12-10-8-6-4-2/h5-8,11-14,17-20,23-26,29,31,33-34,36-37,39-40,42-43,77H,3-4,9-10,15-16,21-22,27-28,30,32,35,38,41,44-76,80H2,1-2H3,(H,83,84)/b7-5-,8-6-,13-11-,14-12-,19-17-,20-18-,25-23-,26-24-,31-29-,34-33-,37-36-,40-39-,43-42-. The van der Waals surface area contributed by atoms with Crippen LogP contribution in [0.3, 0.4) is 0 Å².